The minimum Gasteiger partial charge on any atom is -0.481 e. The maximum absolute atomic E-state index is 13.0. The summed E-state index contributed by atoms with van der Waals surface area (Å²) in [6, 6.07) is 20.5. The van der Waals surface area contributed by atoms with Gasteiger partial charge in [-0.2, -0.15) is 0 Å². The average Bonchev–Trinajstić information content (AvgIpc) is 3.56. The van der Waals surface area contributed by atoms with Gasteiger partial charge < -0.3 is 10.4 Å². The van der Waals surface area contributed by atoms with E-state index in [0.717, 1.165) is 26.7 Å². The van der Waals surface area contributed by atoms with Gasteiger partial charge in [0.2, 0.25) is 5.91 Å². The molecule has 5 nitrogen and oxygen atoms in total. The number of aliphatic carboxylic acids is 1. The quantitative estimate of drug-likeness (QED) is 0.250. The Morgan fingerprint density at radius 1 is 1.03 bits per heavy atom. The maximum Gasteiger partial charge on any atom is 0.307 e. The van der Waals surface area contributed by atoms with Gasteiger partial charge in [0.15, 0.2) is 4.34 Å². The zero-order valence-electron chi connectivity index (χ0n) is 18.2. The van der Waals surface area contributed by atoms with Crippen molar-refractivity contribution in [3.05, 3.63) is 78.4 Å². The van der Waals surface area contributed by atoms with Crippen LogP contribution in [0.15, 0.2) is 77.2 Å². The van der Waals surface area contributed by atoms with Gasteiger partial charge in [0.25, 0.3) is 0 Å². The number of carboxylic acid groups (broad SMARTS) is 1. The number of hydrogen-bond acceptors (Lipinski definition) is 5. The fourth-order valence-electron chi connectivity index (χ4n) is 5.34. The molecule has 3 aromatic carbocycles. The molecule has 2 aliphatic rings. The van der Waals surface area contributed by atoms with Gasteiger partial charge in [0.05, 0.1) is 22.1 Å². The molecule has 34 heavy (non-hydrogen) atoms. The van der Waals surface area contributed by atoms with Crippen LogP contribution in [0.5, 0.6) is 0 Å². The van der Waals surface area contributed by atoms with Gasteiger partial charge in [0.1, 0.15) is 0 Å². The SMILES string of the molecule is O=C(O)[C@@H]1[C@H](C(=O)Nc2ccc3nc(SCc4cccc5ccccc45)sc3c2)[C@H]2C=C[C@H]1C2. The fraction of sp³-hybridized carbons (Fsp3) is 0.222. The predicted molar refractivity (Wildman–Crippen MR) is 137 cm³/mol. The topological polar surface area (TPSA) is 79.3 Å². The fourth-order valence-corrected chi connectivity index (χ4v) is 7.45. The Kier molecular flexibility index (Phi) is 5.38. The Morgan fingerprint density at radius 3 is 2.68 bits per heavy atom. The van der Waals surface area contributed by atoms with Crippen LogP contribution in [0, 0.1) is 23.7 Å². The van der Waals surface area contributed by atoms with E-state index in [4.69, 9.17) is 4.98 Å². The molecular formula is C27H22N2O3S2. The number of hydrogen-bond donors (Lipinski definition) is 2. The second-order valence-electron chi connectivity index (χ2n) is 8.92. The average molecular weight is 487 g/mol. The Hall–Kier alpha value is -3.16. The molecule has 0 unspecified atom stereocenters. The van der Waals surface area contributed by atoms with Crippen LogP contribution in [0.1, 0.15) is 12.0 Å². The zero-order valence-corrected chi connectivity index (χ0v) is 19.8. The predicted octanol–water partition coefficient (Wildman–Crippen LogP) is 6.20. The molecule has 0 saturated heterocycles. The van der Waals surface area contributed by atoms with Gasteiger partial charge in [-0.15, -0.1) is 11.3 Å². The summed E-state index contributed by atoms with van der Waals surface area (Å²) >= 11 is 3.32. The molecule has 0 spiro atoms. The Bertz CT molecular complexity index is 1460. The van der Waals surface area contributed by atoms with Gasteiger partial charge in [-0.3, -0.25) is 9.59 Å². The van der Waals surface area contributed by atoms with Crippen LogP contribution in [0.4, 0.5) is 5.69 Å². The molecule has 2 N–H and O–H groups in total. The second-order valence-corrected chi connectivity index (χ2v) is 11.2. The molecule has 1 fully saturated rings. The Balaban J connectivity index is 1.18. The monoisotopic (exact) mass is 486 g/mol. The Morgan fingerprint density at radius 2 is 1.82 bits per heavy atom. The highest BCUT2D eigenvalue weighted by Gasteiger charge is 2.51. The van der Waals surface area contributed by atoms with E-state index >= 15 is 0 Å². The number of carbonyl (C=O) groups is 2. The number of anilines is 1. The molecule has 1 amide bonds. The number of amides is 1. The molecule has 0 radical (unpaired) electrons. The number of aromatic nitrogens is 1. The van der Waals surface area contributed by atoms with Crippen LogP contribution in [0.2, 0.25) is 0 Å². The standard InChI is InChI=1S/C27H22N2O3S2/c30-25(23-16-8-9-17(12-16)24(23)26(31)32)28-19-10-11-21-22(13-19)34-27(29-21)33-14-18-6-3-5-15-4-1-2-7-20(15)18/h1-11,13,16-17,23-24H,12,14H2,(H,28,30)(H,31,32)/t16-,17-,23+,24-/m0/s1. The molecular weight excluding hydrogens is 464 g/mol. The first-order chi connectivity index (χ1) is 16.6. The molecule has 1 saturated carbocycles. The number of allylic oxidation sites excluding steroid dienone is 2. The number of nitrogens with one attached hydrogen (secondary N) is 1. The van der Waals surface area contributed by atoms with Crippen LogP contribution in [-0.2, 0) is 15.3 Å². The largest absolute Gasteiger partial charge is 0.481 e. The summed E-state index contributed by atoms with van der Waals surface area (Å²) in [5, 5.41) is 15.1. The summed E-state index contributed by atoms with van der Waals surface area (Å²) in [6.07, 6.45) is 4.70. The summed E-state index contributed by atoms with van der Waals surface area (Å²) in [5.41, 5.74) is 2.86. The van der Waals surface area contributed by atoms with E-state index in [1.54, 1.807) is 23.1 Å². The van der Waals surface area contributed by atoms with Gasteiger partial charge >= 0.3 is 5.97 Å². The third kappa shape index (κ3) is 3.79. The lowest BCUT2D eigenvalue weighted by molar-refractivity contribution is -0.146. The van der Waals surface area contributed by atoms with Crippen molar-refractivity contribution in [2.75, 3.05) is 5.32 Å². The van der Waals surface area contributed by atoms with Crippen molar-refractivity contribution >= 4 is 61.7 Å². The lowest BCUT2D eigenvalue weighted by Crippen LogP contribution is -2.36. The summed E-state index contributed by atoms with van der Waals surface area (Å²) in [5.74, 6) is -1.45. The highest BCUT2D eigenvalue weighted by molar-refractivity contribution is 8.00. The number of fused-ring (bicyclic) bond motifs is 4. The van der Waals surface area contributed by atoms with Crippen LogP contribution in [0.3, 0.4) is 0 Å². The molecule has 6 rings (SSSR count). The minimum absolute atomic E-state index is 0.00954. The van der Waals surface area contributed by atoms with Crippen molar-refractivity contribution in [1.82, 2.24) is 4.98 Å². The van der Waals surface area contributed by atoms with Gasteiger partial charge in [0, 0.05) is 11.4 Å². The second kappa shape index (κ2) is 8.56. The minimum atomic E-state index is -0.886. The van der Waals surface area contributed by atoms with Crippen molar-refractivity contribution < 1.29 is 14.7 Å². The van der Waals surface area contributed by atoms with Gasteiger partial charge in [-0.25, -0.2) is 4.98 Å². The van der Waals surface area contributed by atoms with Gasteiger partial charge in [-0.1, -0.05) is 66.4 Å². The summed E-state index contributed by atoms with van der Waals surface area (Å²) in [7, 11) is 0. The number of carboxylic acids is 1. The summed E-state index contributed by atoms with van der Waals surface area (Å²) in [6.45, 7) is 0. The van der Waals surface area contributed by atoms with E-state index in [9.17, 15) is 14.7 Å². The number of thioether (sulfide) groups is 1. The first kappa shape index (κ1) is 21.4. The van der Waals surface area contributed by atoms with E-state index in [-0.39, 0.29) is 17.7 Å². The zero-order chi connectivity index (χ0) is 23.2. The van der Waals surface area contributed by atoms with Crippen LogP contribution < -0.4 is 5.32 Å². The third-order valence-corrected chi connectivity index (χ3v) is 9.12. The lowest BCUT2D eigenvalue weighted by Gasteiger charge is -2.23. The molecule has 4 atom stereocenters. The van der Waals surface area contributed by atoms with Crippen molar-refractivity contribution in [1.29, 1.82) is 0 Å². The molecule has 0 aliphatic heterocycles. The van der Waals surface area contributed by atoms with E-state index < -0.39 is 17.8 Å². The Labute approximate surface area is 204 Å². The van der Waals surface area contributed by atoms with E-state index in [1.165, 1.54) is 16.3 Å². The highest BCUT2D eigenvalue weighted by atomic mass is 32.2. The lowest BCUT2D eigenvalue weighted by atomic mass is 9.82. The first-order valence-electron chi connectivity index (χ1n) is 11.3. The summed E-state index contributed by atoms with van der Waals surface area (Å²) < 4.78 is 1.98. The molecule has 7 heteroatoms. The number of thiazole rings is 1. The first-order valence-corrected chi connectivity index (χ1v) is 13.1. The normalized spacial score (nSPS) is 23.1. The van der Waals surface area contributed by atoms with Gasteiger partial charge in [-0.05, 0) is 52.8 Å². The molecule has 2 bridgehead atoms. The van der Waals surface area contributed by atoms with Crippen molar-refractivity contribution in [2.45, 2.75) is 16.5 Å². The molecule has 2 aliphatic carbocycles. The summed E-state index contributed by atoms with van der Waals surface area (Å²) in [4.78, 5) is 29.5. The number of nitrogens with zero attached hydrogens (tertiary/aromatic N) is 1. The highest BCUT2D eigenvalue weighted by Crippen LogP contribution is 2.48. The van der Waals surface area contributed by atoms with E-state index in [2.05, 4.69) is 47.8 Å². The molecule has 1 aromatic heterocycles. The third-order valence-electron chi connectivity index (χ3n) is 6.91. The van der Waals surface area contributed by atoms with Crippen molar-refractivity contribution in [3.8, 4) is 0 Å². The smallest absolute Gasteiger partial charge is 0.307 e. The van der Waals surface area contributed by atoms with E-state index in [0.29, 0.717) is 5.69 Å². The number of carbonyl (C=O) groups excluding carboxylic acids is 1. The van der Waals surface area contributed by atoms with E-state index in [1.807, 2.05) is 30.4 Å². The van der Waals surface area contributed by atoms with Crippen LogP contribution in [0.25, 0.3) is 21.0 Å². The molecule has 170 valence electrons. The molecule has 4 aromatic rings. The van der Waals surface area contributed by atoms with Crippen LogP contribution >= 0.6 is 23.1 Å². The number of rotatable bonds is 6. The number of benzene rings is 3. The van der Waals surface area contributed by atoms with Crippen molar-refractivity contribution in [2.24, 2.45) is 23.7 Å². The van der Waals surface area contributed by atoms with Crippen molar-refractivity contribution in [3.63, 3.8) is 0 Å². The maximum atomic E-state index is 13.0. The van der Waals surface area contributed by atoms with Crippen LogP contribution in [-0.4, -0.2) is 22.0 Å². The molecule has 1 heterocycles.